The Labute approximate surface area is 96.1 Å². The maximum atomic E-state index is 11.9. The standard InChI is InChI=1S/C10H13BrO2S/c1-6(2)8(4-12)10(13)9-3-7(11)5-14-9/h3,5-6,8,12H,4H2,1-2H3. The topological polar surface area (TPSA) is 37.3 Å². The van der Waals surface area contributed by atoms with Crippen molar-refractivity contribution >= 4 is 33.0 Å². The molecule has 1 heterocycles. The lowest BCUT2D eigenvalue weighted by atomic mass is 9.92. The lowest BCUT2D eigenvalue weighted by Gasteiger charge is -2.15. The molecule has 0 aliphatic rings. The fraction of sp³-hybridized carbons (Fsp3) is 0.500. The van der Waals surface area contributed by atoms with Crippen molar-refractivity contribution in [2.45, 2.75) is 13.8 Å². The Morgan fingerprint density at radius 2 is 2.29 bits per heavy atom. The molecule has 0 fully saturated rings. The Hall–Kier alpha value is -0.190. The van der Waals surface area contributed by atoms with E-state index in [-0.39, 0.29) is 24.2 Å². The number of aliphatic hydroxyl groups is 1. The third kappa shape index (κ3) is 2.65. The summed E-state index contributed by atoms with van der Waals surface area (Å²) in [5, 5.41) is 11.0. The average Bonchev–Trinajstić information content (AvgIpc) is 2.52. The number of ketones is 1. The van der Waals surface area contributed by atoms with Crippen molar-refractivity contribution in [3.05, 3.63) is 20.8 Å². The van der Waals surface area contributed by atoms with Gasteiger partial charge in [-0.1, -0.05) is 13.8 Å². The number of hydrogen-bond donors (Lipinski definition) is 1. The normalized spacial score (nSPS) is 13.2. The lowest BCUT2D eigenvalue weighted by molar-refractivity contribution is 0.0811. The van der Waals surface area contributed by atoms with Gasteiger partial charge in [0.15, 0.2) is 5.78 Å². The Bertz CT molecular complexity index is 320. The minimum atomic E-state index is -0.277. The highest BCUT2D eigenvalue weighted by Gasteiger charge is 2.23. The average molecular weight is 277 g/mol. The van der Waals surface area contributed by atoms with E-state index >= 15 is 0 Å². The Balaban J connectivity index is 2.83. The van der Waals surface area contributed by atoms with Crippen molar-refractivity contribution in [2.75, 3.05) is 6.61 Å². The van der Waals surface area contributed by atoms with Crippen LogP contribution in [-0.2, 0) is 0 Å². The number of Topliss-reactive ketones (excluding diaryl/α,β-unsaturated/α-hetero) is 1. The molecule has 0 spiro atoms. The molecule has 0 saturated carbocycles. The molecule has 0 radical (unpaired) electrons. The highest BCUT2D eigenvalue weighted by molar-refractivity contribution is 9.10. The van der Waals surface area contributed by atoms with Crippen LogP contribution in [0.15, 0.2) is 15.9 Å². The van der Waals surface area contributed by atoms with E-state index in [4.69, 9.17) is 5.11 Å². The molecule has 1 atom stereocenters. The zero-order chi connectivity index (χ0) is 10.7. The molecule has 0 bridgehead atoms. The summed E-state index contributed by atoms with van der Waals surface area (Å²) in [4.78, 5) is 12.6. The second-order valence-corrected chi connectivity index (χ2v) is 5.35. The molecule has 0 amide bonds. The van der Waals surface area contributed by atoms with Crippen LogP contribution < -0.4 is 0 Å². The van der Waals surface area contributed by atoms with E-state index in [1.165, 1.54) is 11.3 Å². The predicted molar refractivity (Wildman–Crippen MR) is 61.8 cm³/mol. The summed E-state index contributed by atoms with van der Waals surface area (Å²) in [5.74, 6) is -0.0628. The zero-order valence-electron chi connectivity index (χ0n) is 8.16. The van der Waals surface area contributed by atoms with Gasteiger partial charge in [-0.05, 0) is 27.9 Å². The molecule has 2 nitrogen and oxygen atoms in total. The van der Waals surface area contributed by atoms with Gasteiger partial charge in [-0.2, -0.15) is 0 Å². The monoisotopic (exact) mass is 276 g/mol. The Kier molecular flexibility index (Phi) is 4.29. The smallest absolute Gasteiger partial charge is 0.178 e. The van der Waals surface area contributed by atoms with E-state index in [1.807, 2.05) is 19.2 Å². The van der Waals surface area contributed by atoms with Gasteiger partial charge in [0, 0.05) is 15.8 Å². The summed E-state index contributed by atoms with van der Waals surface area (Å²) in [6, 6.07) is 1.80. The van der Waals surface area contributed by atoms with Crippen molar-refractivity contribution < 1.29 is 9.90 Å². The zero-order valence-corrected chi connectivity index (χ0v) is 10.6. The summed E-state index contributed by atoms with van der Waals surface area (Å²) in [5.41, 5.74) is 0. The lowest BCUT2D eigenvalue weighted by Crippen LogP contribution is -2.23. The predicted octanol–water partition coefficient (Wildman–Crippen LogP) is 2.96. The van der Waals surface area contributed by atoms with Gasteiger partial charge < -0.3 is 5.11 Å². The van der Waals surface area contributed by atoms with Gasteiger partial charge >= 0.3 is 0 Å². The van der Waals surface area contributed by atoms with E-state index in [9.17, 15) is 4.79 Å². The van der Waals surface area contributed by atoms with Gasteiger partial charge in [-0.15, -0.1) is 11.3 Å². The number of carbonyl (C=O) groups is 1. The summed E-state index contributed by atoms with van der Waals surface area (Å²) >= 11 is 4.72. The first-order chi connectivity index (χ1) is 6.56. The molecule has 1 aromatic heterocycles. The van der Waals surface area contributed by atoms with Crippen LogP contribution >= 0.6 is 27.3 Å². The first-order valence-electron chi connectivity index (χ1n) is 4.45. The van der Waals surface area contributed by atoms with Crippen LogP contribution in [0.2, 0.25) is 0 Å². The Morgan fingerprint density at radius 3 is 2.64 bits per heavy atom. The van der Waals surface area contributed by atoms with Gasteiger partial charge in [0.05, 0.1) is 11.5 Å². The van der Waals surface area contributed by atoms with E-state index in [0.717, 1.165) is 4.47 Å². The third-order valence-electron chi connectivity index (χ3n) is 2.15. The van der Waals surface area contributed by atoms with Crippen LogP contribution in [0.5, 0.6) is 0 Å². The fourth-order valence-electron chi connectivity index (χ4n) is 1.22. The van der Waals surface area contributed by atoms with Gasteiger partial charge in [-0.3, -0.25) is 4.79 Å². The van der Waals surface area contributed by atoms with Crippen LogP contribution in [-0.4, -0.2) is 17.5 Å². The van der Waals surface area contributed by atoms with Crippen molar-refractivity contribution in [3.8, 4) is 0 Å². The molecular weight excluding hydrogens is 264 g/mol. The summed E-state index contributed by atoms with van der Waals surface area (Å²) in [6.45, 7) is 3.81. The van der Waals surface area contributed by atoms with Crippen molar-refractivity contribution in [2.24, 2.45) is 11.8 Å². The van der Waals surface area contributed by atoms with Gasteiger partial charge in [-0.25, -0.2) is 0 Å². The van der Waals surface area contributed by atoms with E-state index in [0.29, 0.717) is 4.88 Å². The number of aliphatic hydroxyl groups excluding tert-OH is 1. The summed E-state index contributed by atoms with van der Waals surface area (Å²) in [6.07, 6.45) is 0. The quantitative estimate of drug-likeness (QED) is 0.859. The maximum Gasteiger partial charge on any atom is 0.178 e. The molecule has 1 N–H and O–H groups in total. The van der Waals surface area contributed by atoms with Crippen LogP contribution in [0.3, 0.4) is 0 Å². The van der Waals surface area contributed by atoms with E-state index < -0.39 is 0 Å². The van der Waals surface area contributed by atoms with Gasteiger partial charge in [0.1, 0.15) is 0 Å². The molecule has 1 aromatic rings. The molecule has 14 heavy (non-hydrogen) atoms. The summed E-state index contributed by atoms with van der Waals surface area (Å²) < 4.78 is 0.922. The van der Waals surface area contributed by atoms with Crippen molar-refractivity contribution in [1.29, 1.82) is 0 Å². The van der Waals surface area contributed by atoms with Crippen LogP contribution in [0.1, 0.15) is 23.5 Å². The molecular formula is C10H13BrO2S. The van der Waals surface area contributed by atoms with Crippen LogP contribution in [0.4, 0.5) is 0 Å². The van der Waals surface area contributed by atoms with Crippen LogP contribution in [0, 0.1) is 11.8 Å². The van der Waals surface area contributed by atoms with Crippen molar-refractivity contribution in [1.82, 2.24) is 0 Å². The largest absolute Gasteiger partial charge is 0.396 e. The first-order valence-corrected chi connectivity index (χ1v) is 6.12. The first kappa shape index (κ1) is 11.9. The maximum absolute atomic E-state index is 11.9. The van der Waals surface area contributed by atoms with Crippen LogP contribution in [0.25, 0.3) is 0 Å². The second kappa shape index (κ2) is 5.05. The number of halogens is 1. The SMILES string of the molecule is CC(C)C(CO)C(=O)c1cc(Br)cs1. The van der Waals surface area contributed by atoms with E-state index in [2.05, 4.69) is 15.9 Å². The molecule has 4 heteroatoms. The number of carbonyl (C=O) groups excluding carboxylic acids is 1. The molecule has 0 saturated heterocycles. The molecule has 0 aliphatic carbocycles. The highest BCUT2D eigenvalue weighted by atomic mass is 79.9. The summed E-state index contributed by atoms with van der Waals surface area (Å²) in [7, 11) is 0. The molecule has 78 valence electrons. The number of thiophene rings is 1. The molecule has 0 aromatic carbocycles. The van der Waals surface area contributed by atoms with Gasteiger partial charge in [0.2, 0.25) is 0 Å². The number of hydrogen-bond acceptors (Lipinski definition) is 3. The molecule has 0 aliphatic heterocycles. The Morgan fingerprint density at radius 1 is 1.64 bits per heavy atom. The second-order valence-electron chi connectivity index (χ2n) is 3.53. The minimum absolute atomic E-state index is 0.0400. The van der Waals surface area contributed by atoms with Gasteiger partial charge in [0.25, 0.3) is 0 Å². The highest BCUT2D eigenvalue weighted by Crippen LogP contribution is 2.24. The fourth-order valence-corrected chi connectivity index (χ4v) is 2.65. The van der Waals surface area contributed by atoms with E-state index in [1.54, 1.807) is 6.07 Å². The molecule has 1 unspecified atom stereocenters. The number of rotatable bonds is 4. The minimum Gasteiger partial charge on any atom is -0.396 e. The third-order valence-corrected chi connectivity index (χ3v) is 3.85. The van der Waals surface area contributed by atoms with Crippen molar-refractivity contribution in [3.63, 3.8) is 0 Å². The molecule has 1 rings (SSSR count).